The van der Waals surface area contributed by atoms with Crippen molar-refractivity contribution in [2.24, 2.45) is 5.84 Å². The van der Waals surface area contributed by atoms with Gasteiger partial charge >= 0.3 is 30.0 Å². The molecule has 0 aliphatic heterocycles. The summed E-state index contributed by atoms with van der Waals surface area (Å²) in [6.07, 6.45) is 1.23. The van der Waals surface area contributed by atoms with Gasteiger partial charge in [0.05, 0.1) is 10.0 Å². The largest absolute Gasteiger partial charge is 0.459 e. The summed E-state index contributed by atoms with van der Waals surface area (Å²) in [4.78, 5) is 66.2. The number of amides is 4. The molecule has 15 nitrogen and oxygen atoms in total. The first-order valence-electron chi connectivity index (χ1n) is 15.6. The Balaban J connectivity index is 0.000000528. The molecule has 2 aromatic carbocycles. The molecule has 288 valence electrons. The number of nitrogens with zero attached hydrogens (tertiary/aromatic N) is 2. The highest BCUT2D eigenvalue weighted by molar-refractivity contribution is 7.10. The van der Waals surface area contributed by atoms with Crippen molar-refractivity contribution in [2.45, 2.75) is 53.1 Å². The van der Waals surface area contributed by atoms with E-state index in [9.17, 15) is 24.0 Å². The van der Waals surface area contributed by atoms with Crippen molar-refractivity contribution >= 4 is 77.5 Å². The Morgan fingerprint density at radius 1 is 0.679 bits per heavy atom. The smallest absolute Gasteiger partial charge is 0.363 e. The van der Waals surface area contributed by atoms with E-state index in [2.05, 4.69) is 25.9 Å². The van der Waals surface area contributed by atoms with E-state index in [1.165, 1.54) is 22.7 Å². The minimum atomic E-state index is -0.588. The number of carbonyl (C=O) groups excluding carboxylic acids is 5. The van der Waals surface area contributed by atoms with E-state index in [0.29, 0.717) is 43.1 Å². The van der Waals surface area contributed by atoms with E-state index >= 15 is 0 Å². The van der Waals surface area contributed by atoms with Gasteiger partial charge in [0, 0.05) is 23.8 Å². The zero-order valence-electron chi connectivity index (χ0n) is 29.7. The van der Waals surface area contributed by atoms with Crippen LogP contribution in [0.2, 0.25) is 0 Å². The highest BCUT2D eigenvalue weighted by Crippen LogP contribution is 2.17. The minimum absolute atomic E-state index is 0. The van der Waals surface area contributed by atoms with Crippen molar-refractivity contribution in [1.29, 1.82) is 0 Å². The van der Waals surface area contributed by atoms with E-state index in [4.69, 9.17) is 20.1 Å². The molecule has 0 aliphatic carbocycles. The molecule has 6 N–H and O–H groups in total. The van der Waals surface area contributed by atoms with Crippen LogP contribution in [0, 0.1) is 13.8 Å². The molecule has 0 saturated heterocycles. The van der Waals surface area contributed by atoms with Crippen LogP contribution in [-0.4, -0.2) is 65.2 Å². The normalized spacial score (nSPS) is 10.2. The maximum absolute atomic E-state index is 12.0. The van der Waals surface area contributed by atoms with Crippen molar-refractivity contribution < 1.29 is 38.2 Å². The number of urea groups is 2. The highest BCUT2D eigenvalue weighted by Gasteiger charge is 2.17. The molecule has 2 aromatic heterocycles. The number of ether oxygens (including phenoxy) is 3. The van der Waals surface area contributed by atoms with E-state index in [0.717, 1.165) is 21.1 Å². The Hall–Kier alpha value is -4.81. The molecule has 0 unspecified atom stereocenters. The van der Waals surface area contributed by atoms with E-state index in [1.807, 2.05) is 43.5 Å². The maximum Gasteiger partial charge on any atom is 0.363 e. The zero-order chi connectivity index (χ0) is 37.4. The van der Waals surface area contributed by atoms with Gasteiger partial charge in [0.15, 0.2) is 11.4 Å². The molecule has 2 heterocycles. The molecule has 0 aliphatic rings. The summed E-state index contributed by atoms with van der Waals surface area (Å²) in [7, 11) is 0. The first kappa shape index (κ1) is 46.2. The molecule has 4 rings (SSSR count). The summed E-state index contributed by atoms with van der Waals surface area (Å²) in [5.74, 6) is 4.36. The van der Waals surface area contributed by atoms with Crippen molar-refractivity contribution in [3.8, 4) is 11.5 Å². The lowest BCUT2D eigenvalue weighted by molar-refractivity contribution is -0.153. The lowest BCUT2D eigenvalue weighted by Crippen LogP contribution is -2.41. The van der Waals surface area contributed by atoms with Gasteiger partial charge in [-0.05, 0) is 82.9 Å². The average Bonchev–Trinajstić information content (AvgIpc) is 3.73. The number of carbonyl (C=O) groups is 5. The summed E-state index contributed by atoms with van der Waals surface area (Å²) < 4.78 is 15.6. The van der Waals surface area contributed by atoms with Gasteiger partial charge in [0.1, 0.15) is 23.6 Å². The fraction of sp³-hybridized carbons (Fsp3) is 0.324. The van der Waals surface area contributed by atoms with E-state index in [-0.39, 0.29) is 37.1 Å². The highest BCUT2D eigenvalue weighted by atomic mass is 35.5. The number of halogens is 2. The molecular formula is C34H43Cl2N7O8S2. The van der Waals surface area contributed by atoms with Gasteiger partial charge in [-0.2, -0.15) is 0 Å². The molecule has 0 spiro atoms. The summed E-state index contributed by atoms with van der Waals surface area (Å²) in [5, 5.41) is 12.6. The number of benzene rings is 2. The van der Waals surface area contributed by atoms with Crippen LogP contribution in [0.1, 0.15) is 62.9 Å². The van der Waals surface area contributed by atoms with Gasteiger partial charge < -0.3 is 30.2 Å². The number of thiazole rings is 2. The summed E-state index contributed by atoms with van der Waals surface area (Å²) >= 11 is 2.79. The predicted octanol–water partition coefficient (Wildman–Crippen LogP) is 5.08. The van der Waals surface area contributed by atoms with Crippen LogP contribution in [0.15, 0.2) is 59.3 Å². The molecule has 53 heavy (non-hydrogen) atoms. The van der Waals surface area contributed by atoms with Crippen molar-refractivity contribution in [1.82, 2.24) is 31.3 Å². The van der Waals surface area contributed by atoms with Crippen LogP contribution in [0.25, 0.3) is 0 Å². The molecular weight excluding hydrogens is 769 g/mol. The Morgan fingerprint density at radius 3 is 1.45 bits per heavy atom. The molecule has 0 saturated carbocycles. The van der Waals surface area contributed by atoms with Gasteiger partial charge in [0.2, 0.25) is 0 Å². The van der Waals surface area contributed by atoms with Gasteiger partial charge in [0.25, 0.3) is 0 Å². The van der Waals surface area contributed by atoms with Crippen molar-refractivity contribution in [3.63, 3.8) is 0 Å². The number of esters is 3. The van der Waals surface area contributed by atoms with Crippen LogP contribution in [0.4, 0.5) is 9.59 Å². The summed E-state index contributed by atoms with van der Waals surface area (Å²) in [6, 6.07) is 13.2. The number of aryl methyl sites for hydroxylation is 2. The Bertz CT molecular complexity index is 1780. The summed E-state index contributed by atoms with van der Waals surface area (Å²) in [5.41, 5.74) is 3.96. The standard InChI is InChI=1S/C20H25N3O5S.C14H16N4O3S.2ClH/c1-13-23-16(12-29-13)18(25)27-15-7-5-14(6-8-15)9-10-21-19(26)22-11-17(24)28-20(2,3)4;1-9-17-12(8-22-9)13(19)21-11-4-2-10(3-5-11)6-7-16-14(20)18-15;;/h5-8,12H,9-11H2,1-4H3,(H2,21,22,26);2-5,8H,6-7,15H2,1H3,(H2,16,18,20);2*1H. The van der Waals surface area contributed by atoms with E-state index < -0.39 is 35.6 Å². The third-order valence-corrected chi connectivity index (χ3v) is 7.81. The lowest BCUT2D eigenvalue weighted by Gasteiger charge is -2.19. The second kappa shape index (κ2) is 23.0. The van der Waals surface area contributed by atoms with E-state index in [1.54, 1.807) is 55.8 Å². The van der Waals surface area contributed by atoms with Crippen LogP contribution in [-0.2, 0) is 22.4 Å². The minimum Gasteiger partial charge on any atom is -0.459 e. The fourth-order valence-corrected chi connectivity index (χ4v) is 5.13. The first-order chi connectivity index (χ1) is 24.2. The average molecular weight is 813 g/mol. The van der Waals surface area contributed by atoms with Crippen LogP contribution in [0.3, 0.4) is 0 Å². The fourth-order valence-electron chi connectivity index (χ4n) is 3.97. The van der Waals surface area contributed by atoms with Gasteiger partial charge in [-0.25, -0.2) is 35.0 Å². The van der Waals surface area contributed by atoms with Crippen LogP contribution in [0.5, 0.6) is 11.5 Å². The molecule has 0 atom stereocenters. The van der Waals surface area contributed by atoms with Crippen LogP contribution >= 0.6 is 47.5 Å². The first-order valence-corrected chi connectivity index (χ1v) is 17.4. The maximum atomic E-state index is 12.0. The molecule has 4 aromatic rings. The Labute approximate surface area is 327 Å². The third kappa shape index (κ3) is 18.0. The Morgan fingerprint density at radius 2 is 1.09 bits per heavy atom. The Kier molecular flexibility index (Phi) is 20.0. The molecule has 0 radical (unpaired) electrons. The second-order valence-corrected chi connectivity index (χ2v) is 13.8. The monoisotopic (exact) mass is 811 g/mol. The number of hydrazine groups is 1. The second-order valence-electron chi connectivity index (χ2n) is 11.7. The zero-order valence-corrected chi connectivity index (χ0v) is 32.9. The number of nitrogens with one attached hydrogen (secondary N) is 4. The van der Waals surface area contributed by atoms with Gasteiger partial charge in [-0.1, -0.05) is 24.3 Å². The topological polar surface area (TPSA) is 213 Å². The van der Waals surface area contributed by atoms with Crippen molar-refractivity contribution in [3.05, 3.63) is 91.8 Å². The van der Waals surface area contributed by atoms with Crippen molar-refractivity contribution in [2.75, 3.05) is 19.6 Å². The quantitative estimate of drug-likeness (QED) is 0.0418. The third-order valence-electron chi connectivity index (χ3n) is 6.27. The lowest BCUT2D eigenvalue weighted by atomic mass is 10.1. The number of nitrogens with two attached hydrogens (primary N) is 1. The molecule has 19 heteroatoms. The van der Waals surface area contributed by atoms with Gasteiger partial charge in [-0.3, -0.25) is 10.2 Å². The predicted molar refractivity (Wildman–Crippen MR) is 206 cm³/mol. The summed E-state index contributed by atoms with van der Waals surface area (Å²) in [6.45, 7) is 9.59. The van der Waals surface area contributed by atoms with Gasteiger partial charge in [-0.15, -0.1) is 47.5 Å². The number of hydrogen-bond acceptors (Lipinski definition) is 13. The van der Waals surface area contributed by atoms with Crippen LogP contribution < -0.4 is 36.7 Å². The number of rotatable bonds is 12. The number of hydrogen-bond donors (Lipinski definition) is 5. The SMILES string of the molecule is Cc1nc(C(=O)Oc2ccc(CCNC(=O)NCC(=O)OC(C)(C)C)cc2)cs1.Cc1nc(C(=O)Oc2ccc(CCNC(=O)NN)cc2)cs1.Cl.Cl. The molecule has 0 fully saturated rings. The number of aromatic nitrogens is 2. The molecule has 0 bridgehead atoms. The molecule has 4 amide bonds.